The largest absolute Gasteiger partial charge is 0.483 e. The van der Waals surface area contributed by atoms with Crippen molar-refractivity contribution in [3.05, 3.63) is 35.4 Å². The van der Waals surface area contributed by atoms with Crippen LogP contribution in [0.1, 0.15) is 38.0 Å². The molecule has 2 heterocycles. The van der Waals surface area contributed by atoms with E-state index >= 15 is 0 Å². The summed E-state index contributed by atoms with van der Waals surface area (Å²) in [6.45, 7) is 9.45. The number of para-hydroxylation sites is 1. The summed E-state index contributed by atoms with van der Waals surface area (Å²) < 4.78 is 14.0. The first-order chi connectivity index (χ1) is 10.00. The van der Waals surface area contributed by atoms with Gasteiger partial charge in [-0.05, 0) is 33.8 Å². The highest BCUT2D eigenvalue weighted by Crippen LogP contribution is 2.41. The molecule has 1 aliphatic heterocycles. The fourth-order valence-electron chi connectivity index (χ4n) is 2.79. The van der Waals surface area contributed by atoms with Crippen LogP contribution in [0.15, 0.2) is 18.2 Å². The van der Waals surface area contributed by atoms with Crippen LogP contribution in [-0.2, 0) is 19.6 Å². The highest BCUT2D eigenvalue weighted by atomic mass is 16.5. The molecule has 0 amide bonds. The van der Waals surface area contributed by atoms with Crippen LogP contribution >= 0.6 is 0 Å². The summed E-state index contributed by atoms with van der Waals surface area (Å²) in [6, 6.07) is 6.05. The van der Waals surface area contributed by atoms with E-state index in [4.69, 9.17) is 9.47 Å². The lowest BCUT2D eigenvalue weighted by Gasteiger charge is -2.18. The molecule has 0 radical (unpaired) electrons. The van der Waals surface area contributed by atoms with E-state index in [0.717, 1.165) is 36.1 Å². The Hall–Kier alpha value is -2.04. The van der Waals surface area contributed by atoms with E-state index in [1.807, 2.05) is 23.6 Å². The predicted molar refractivity (Wildman–Crippen MR) is 79.6 cm³/mol. The summed E-state index contributed by atoms with van der Waals surface area (Å²) in [6.07, 6.45) is 0.907. The number of hydrogen-bond donors (Lipinski definition) is 0. The van der Waals surface area contributed by atoms with Gasteiger partial charge in [0.05, 0.1) is 0 Å². The second kappa shape index (κ2) is 5.06. The highest BCUT2D eigenvalue weighted by Gasteiger charge is 2.32. The van der Waals surface area contributed by atoms with E-state index in [2.05, 4.69) is 37.0 Å². The van der Waals surface area contributed by atoms with Crippen molar-refractivity contribution in [2.24, 2.45) is 0 Å². The molecule has 0 saturated heterocycles. The fourth-order valence-corrected chi connectivity index (χ4v) is 2.79. The first-order valence-electron chi connectivity index (χ1n) is 7.32. The summed E-state index contributed by atoms with van der Waals surface area (Å²) >= 11 is 0. The van der Waals surface area contributed by atoms with Crippen molar-refractivity contribution in [1.29, 1.82) is 0 Å². The van der Waals surface area contributed by atoms with Crippen molar-refractivity contribution in [3.63, 3.8) is 0 Å². The van der Waals surface area contributed by atoms with Crippen molar-refractivity contribution in [1.82, 2.24) is 14.8 Å². The molecule has 3 rings (SSSR count). The van der Waals surface area contributed by atoms with Crippen LogP contribution in [0.3, 0.4) is 0 Å². The highest BCUT2D eigenvalue weighted by molar-refractivity contribution is 5.50. The molecule has 0 unspecified atom stereocenters. The van der Waals surface area contributed by atoms with E-state index < -0.39 is 0 Å². The Morgan fingerprint density at radius 1 is 1.33 bits per heavy atom. The van der Waals surface area contributed by atoms with Crippen LogP contribution in [0.5, 0.6) is 11.5 Å². The van der Waals surface area contributed by atoms with Gasteiger partial charge in [0.2, 0.25) is 0 Å². The third kappa shape index (κ3) is 2.60. The number of aromatic nitrogens is 3. The zero-order valence-electron chi connectivity index (χ0n) is 13.0. The Morgan fingerprint density at radius 3 is 2.90 bits per heavy atom. The van der Waals surface area contributed by atoms with Crippen molar-refractivity contribution in [2.45, 2.75) is 52.9 Å². The Labute approximate surface area is 124 Å². The molecule has 5 heteroatoms. The van der Waals surface area contributed by atoms with E-state index in [1.165, 1.54) is 5.56 Å². The Bertz CT molecular complexity index is 662. The molecular weight excluding hydrogens is 266 g/mol. The molecule has 2 aromatic rings. The minimum absolute atomic E-state index is 0.165. The molecule has 1 aromatic heterocycles. The molecule has 112 valence electrons. The maximum absolute atomic E-state index is 6.01. The molecule has 0 fully saturated rings. The average molecular weight is 287 g/mol. The molecule has 21 heavy (non-hydrogen) atoms. The molecular formula is C16H21N3O2. The molecule has 0 bridgehead atoms. The molecule has 0 atom stereocenters. The summed E-state index contributed by atoms with van der Waals surface area (Å²) in [5.41, 5.74) is 1.03. The molecule has 1 aromatic carbocycles. The van der Waals surface area contributed by atoms with Gasteiger partial charge in [-0.15, -0.1) is 10.2 Å². The molecule has 0 N–H and O–H groups in total. The van der Waals surface area contributed by atoms with E-state index in [0.29, 0.717) is 6.61 Å². The van der Waals surface area contributed by atoms with Gasteiger partial charge in [-0.25, -0.2) is 0 Å². The quantitative estimate of drug-likeness (QED) is 0.867. The van der Waals surface area contributed by atoms with E-state index in [-0.39, 0.29) is 5.60 Å². The average Bonchev–Trinajstić information content (AvgIpc) is 2.94. The minimum atomic E-state index is -0.165. The van der Waals surface area contributed by atoms with Crippen molar-refractivity contribution in [3.8, 4) is 11.5 Å². The van der Waals surface area contributed by atoms with Crippen LogP contribution in [0.2, 0.25) is 0 Å². The standard InChI is InChI=1S/C16H21N3O2/c1-5-19-11(2)17-18-14(19)10-20-13-8-6-7-12-9-16(3,4)21-15(12)13/h6-8H,5,9-10H2,1-4H3. The maximum atomic E-state index is 6.01. The van der Waals surface area contributed by atoms with Gasteiger partial charge >= 0.3 is 0 Å². The van der Waals surface area contributed by atoms with E-state index in [9.17, 15) is 0 Å². The maximum Gasteiger partial charge on any atom is 0.171 e. The van der Waals surface area contributed by atoms with Gasteiger partial charge < -0.3 is 14.0 Å². The van der Waals surface area contributed by atoms with Crippen LogP contribution in [0, 0.1) is 6.92 Å². The lowest BCUT2D eigenvalue weighted by atomic mass is 10.0. The van der Waals surface area contributed by atoms with Gasteiger partial charge in [-0.3, -0.25) is 0 Å². The number of rotatable bonds is 4. The normalized spacial score (nSPS) is 15.6. The van der Waals surface area contributed by atoms with Gasteiger partial charge in [-0.2, -0.15) is 0 Å². The zero-order chi connectivity index (χ0) is 15.0. The summed E-state index contributed by atoms with van der Waals surface area (Å²) in [5.74, 6) is 3.39. The molecule has 1 aliphatic rings. The number of fused-ring (bicyclic) bond motifs is 1. The first-order valence-corrected chi connectivity index (χ1v) is 7.32. The molecule has 0 aliphatic carbocycles. The van der Waals surface area contributed by atoms with Crippen molar-refractivity contribution < 1.29 is 9.47 Å². The predicted octanol–water partition coefficient (Wildman–Crippen LogP) is 2.90. The molecule has 0 saturated carbocycles. The zero-order valence-corrected chi connectivity index (χ0v) is 13.0. The van der Waals surface area contributed by atoms with Crippen molar-refractivity contribution in [2.75, 3.05) is 0 Å². The fraction of sp³-hybridized carbons (Fsp3) is 0.500. The summed E-state index contributed by atoms with van der Waals surface area (Å²) in [5, 5.41) is 8.27. The lowest BCUT2D eigenvalue weighted by molar-refractivity contribution is 0.131. The van der Waals surface area contributed by atoms with Crippen LogP contribution in [0.25, 0.3) is 0 Å². The number of hydrogen-bond acceptors (Lipinski definition) is 4. The third-order valence-corrected chi connectivity index (χ3v) is 3.74. The molecule has 5 nitrogen and oxygen atoms in total. The van der Waals surface area contributed by atoms with Crippen molar-refractivity contribution >= 4 is 0 Å². The summed E-state index contributed by atoms with van der Waals surface area (Å²) in [7, 11) is 0. The third-order valence-electron chi connectivity index (χ3n) is 3.74. The van der Waals surface area contributed by atoms with Crippen LogP contribution in [-0.4, -0.2) is 20.4 Å². The van der Waals surface area contributed by atoms with Crippen LogP contribution in [0.4, 0.5) is 0 Å². The SMILES string of the molecule is CCn1c(C)nnc1COc1cccc2c1OC(C)(C)C2. The number of benzene rings is 1. The Balaban J connectivity index is 1.80. The summed E-state index contributed by atoms with van der Waals surface area (Å²) in [4.78, 5) is 0. The lowest BCUT2D eigenvalue weighted by Crippen LogP contribution is -2.24. The second-order valence-corrected chi connectivity index (χ2v) is 5.98. The second-order valence-electron chi connectivity index (χ2n) is 5.98. The van der Waals surface area contributed by atoms with Crippen LogP contribution < -0.4 is 9.47 Å². The van der Waals surface area contributed by atoms with Gasteiger partial charge in [0.15, 0.2) is 17.3 Å². The molecule has 0 spiro atoms. The minimum Gasteiger partial charge on any atom is -0.483 e. The smallest absolute Gasteiger partial charge is 0.171 e. The Kier molecular flexibility index (Phi) is 3.35. The van der Waals surface area contributed by atoms with Gasteiger partial charge in [0, 0.05) is 18.5 Å². The number of aryl methyl sites for hydroxylation is 1. The first kappa shape index (κ1) is 13.9. The van der Waals surface area contributed by atoms with Gasteiger partial charge in [0.25, 0.3) is 0 Å². The number of ether oxygens (including phenoxy) is 2. The monoisotopic (exact) mass is 287 g/mol. The van der Waals surface area contributed by atoms with Gasteiger partial charge in [-0.1, -0.05) is 12.1 Å². The number of nitrogens with zero attached hydrogens (tertiary/aromatic N) is 3. The topological polar surface area (TPSA) is 49.2 Å². The van der Waals surface area contributed by atoms with Gasteiger partial charge in [0.1, 0.15) is 18.0 Å². The van der Waals surface area contributed by atoms with E-state index in [1.54, 1.807) is 0 Å². The Morgan fingerprint density at radius 2 is 2.14 bits per heavy atom.